The third-order valence-electron chi connectivity index (χ3n) is 4.10. The third kappa shape index (κ3) is 3.37. The maximum atomic E-state index is 12.6. The molecular weight excluding hydrogens is 296 g/mol. The highest BCUT2D eigenvalue weighted by molar-refractivity contribution is 5.94. The summed E-state index contributed by atoms with van der Waals surface area (Å²) in [5, 5.41) is 0. The molecule has 3 rings (SSSR count). The van der Waals surface area contributed by atoms with Gasteiger partial charge in [-0.05, 0) is 37.6 Å². The maximum Gasteiger partial charge on any atom is 0.261 e. The quantitative estimate of drug-likeness (QED) is 0.917. The molecule has 0 spiro atoms. The maximum absolute atomic E-state index is 12.6. The molecule has 122 valence electrons. The number of rotatable bonds is 5. The second-order valence-electron chi connectivity index (χ2n) is 5.67. The summed E-state index contributed by atoms with van der Waals surface area (Å²) in [6.07, 6.45) is 2.49. The fraction of sp³-hybridized carbons (Fsp3) is 0.412. The molecule has 1 saturated heterocycles. The first-order valence-electron chi connectivity index (χ1n) is 7.83. The number of aromatic amines is 1. The van der Waals surface area contributed by atoms with Crippen LogP contribution in [0.5, 0.6) is 0 Å². The fourth-order valence-corrected chi connectivity index (χ4v) is 2.78. The SMILES string of the molecule is CCN(C[C@@H]1CCOC1)C(=O)c1ccc(-c2ccco2)[nH]c1=O. The van der Waals surface area contributed by atoms with Gasteiger partial charge in [0.15, 0.2) is 0 Å². The molecule has 2 aromatic rings. The molecule has 0 bridgehead atoms. The van der Waals surface area contributed by atoms with Crippen LogP contribution in [0.1, 0.15) is 23.7 Å². The van der Waals surface area contributed by atoms with E-state index in [0.29, 0.717) is 37.1 Å². The summed E-state index contributed by atoms with van der Waals surface area (Å²) in [4.78, 5) is 29.3. The Hall–Kier alpha value is -2.34. The lowest BCUT2D eigenvalue weighted by molar-refractivity contribution is 0.0729. The Morgan fingerprint density at radius 1 is 1.39 bits per heavy atom. The number of nitrogens with one attached hydrogen (secondary N) is 1. The van der Waals surface area contributed by atoms with Gasteiger partial charge in [-0.3, -0.25) is 9.59 Å². The summed E-state index contributed by atoms with van der Waals surface area (Å²) in [5.41, 5.74) is 0.315. The van der Waals surface area contributed by atoms with E-state index < -0.39 is 5.56 Å². The van der Waals surface area contributed by atoms with Crippen LogP contribution in [0.15, 0.2) is 39.7 Å². The molecule has 2 aromatic heterocycles. The van der Waals surface area contributed by atoms with E-state index in [1.165, 1.54) is 6.26 Å². The van der Waals surface area contributed by atoms with Crippen LogP contribution in [0.3, 0.4) is 0 Å². The second kappa shape index (κ2) is 6.83. The highest BCUT2D eigenvalue weighted by Gasteiger charge is 2.24. The average Bonchev–Trinajstić information content (AvgIpc) is 3.25. The first kappa shape index (κ1) is 15.6. The predicted octanol–water partition coefficient (Wildman–Crippen LogP) is 2.13. The summed E-state index contributed by atoms with van der Waals surface area (Å²) in [7, 11) is 0. The molecule has 0 unspecified atom stereocenters. The summed E-state index contributed by atoms with van der Waals surface area (Å²) >= 11 is 0. The fourth-order valence-electron chi connectivity index (χ4n) is 2.78. The molecule has 6 heteroatoms. The van der Waals surface area contributed by atoms with Gasteiger partial charge in [0.25, 0.3) is 11.5 Å². The van der Waals surface area contributed by atoms with E-state index in [-0.39, 0.29) is 11.5 Å². The number of aromatic nitrogens is 1. The number of pyridine rings is 1. The summed E-state index contributed by atoms with van der Waals surface area (Å²) in [5.74, 6) is 0.670. The van der Waals surface area contributed by atoms with Gasteiger partial charge in [0.2, 0.25) is 0 Å². The zero-order valence-electron chi connectivity index (χ0n) is 13.1. The standard InChI is InChI=1S/C17H20N2O4/c1-2-19(10-12-7-9-22-11-12)17(21)13-5-6-14(18-16(13)20)15-4-3-8-23-15/h3-6,8,12H,2,7,9-11H2,1H3,(H,18,20)/t12-/m0/s1. The molecule has 1 fully saturated rings. The second-order valence-corrected chi connectivity index (χ2v) is 5.67. The Morgan fingerprint density at radius 3 is 2.87 bits per heavy atom. The predicted molar refractivity (Wildman–Crippen MR) is 85.3 cm³/mol. The van der Waals surface area contributed by atoms with Crippen LogP contribution >= 0.6 is 0 Å². The molecule has 1 N–H and O–H groups in total. The van der Waals surface area contributed by atoms with Crippen LogP contribution in [0.25, 0.3) is 11.5 Å². The average molecular weight is 316 g/mol. The first-order chi connectivity index (χ1) is 11.2. The van der Waals surface area contributed by atoms with Gasteiger partial charge in [-0.2, -0.15) is 0 Å². The molecular formula is C17H20N2O4. The van der Waals surface area contributed by atoms with Crippen LogP contribution in [0.4, 0.5) is 0 Å². The van der Waals surface area contributed by atoms with Crippen molar-refractivity contribution in [2.45, 2.75) is 13.3 Å². The molecule has 1 aliphatic heterocycles. The number of nitrogens with zero attached hydrogens (tertiary/aromatic N) is 1. The smallest absolute Gasteiger partial charge is 0.261 e. The van der Waals surface area contributed by atoms with Crippen molar-refractivity contribution in [2.24, 2.45) is 5.92 Å². The molecule has 0 radical (unpaired) electrons. The van der Waals surface area contributed by atoms with Crippen molar-refractivity contribution in [3.8, 4) is 11.5 Å². The minimum atomic E-state index is -0.398. The third-order valence-corrected chi connectivity index (χ3v) is 4.10. The minimum Gasteiger partial charge on any atom is -0.463 e. The molecule has 0 aromatic carbocycles. The first-order valence-corrected chi connectivity index (χ1v) is 7.83. The zero-order valence-corrected chi connectivity index (χ0v) is 13.1. The Balaban J connectivity index is 1.79. The van der Waals surface area contributed by atoms with Crippen LogP contribution in [-0.2, 0) is 4.74 Å². The Bertz CT molecular complexity index is 714. The lowest BCUT2D eigenvalue weighted by Gasteiger charge is -2.23. The number of H-pyrrole nitrogens is 1. The number of furan rings is 1. The molecule has 23 heavy (non-hydrogen) atoms. The van der Waals surface area contributed by atoms with E-state index in [1.54, 1.807) is 29.2 Å². The van der Waals surface area contributed by atoms with Gasteiger partial charge >= 0.3 is 0 Å². The topological polar surface area (TPSA) is 75.5 Å². The molecule has 3 heterocycles. The van der Waals surface area contributed by atoms with Crippen molar-refractivity contribution >= 4 is 5.91 Å². The van der Waals surface area contributed by atoms with E-state index in [0.717, 1.165) is 13.0 Å². The zero-order chi connectivity index (χ0) is 16.2. The number of carbonyl (C=O) groups is 1. The van der Waals surface area contributed by atoms with Crippen LogP contribution in [0, 0.1) is 5.92 Å². The van der Waals surface area contributed by atoms with Crippen molar-refractivity contribution in [1.29, 1.82) is 0 Å². The van der Waals surface area contributed by atoms with Gasteiger partial charge in [0, 0.05) is 25.6 Å². The molecule has 0 saturated carbocycles. The summed E-state index contributed by atoms with van der Waals surface area (Å²) < 4.78 is 10.6. The van der Waals surface area contributed by atoms with Crippen molar-refractivity contribution in [1.82, 2.24) is 9.88 Å². The van der Waals surface area contributed by atoms with Gasteiger partial charge in [0.1, 0.15) is 11.3 Å². The van der Waals surface area contributed by atoms with E-state index in [9.17, 15) is 9.59 Å². The van der Waals surface area contributed by atoms with Crippen molar-refractivity contribution in [3.05, 3.63) is 46.4 Å². The van der Waals surface area contributed by atoms with E-state index in [1.807, 2.05) is 6.92 Å². The van der Waals surface area contributed by atoms with Gasteiger partial charge < -0.3 is 19.0 Å². The summed E-state index contributed by atoms with van der Waals surface area (Å²) in [6.45, 7) is 4.52. The van der Waals surface area contributed by atoms with Crippen LogP contribution < -0.4 is 5.56 Å². The van der Waals surface area contributed by atoms with E-state index in [4.69, 9.17) is 9.15 Å². The lowest BCUT2D eigenvalue weighted by Crippen LogP contribution is -2.38. The normalized spacial score (nSPS) is 17.3. The van der Waals surface area contributed by atoms with Crippen LogP contribution in [0.2, 0.25) is 0 Å². The number of carbonyl (C=O) groups excluding carboxylic acids is 1. The molecule has 1 amide bonds. The summed E-state index contributed by atoms with van der Waals surface area (Å²) in [6, 6.07) is 6.76. The highest BCUT2D eigenvalue weighted by Crippen LogP contribution is 2.17. The molecule has 0 aliphatic carbocycles. The Kier molecular flexibility index (Phi) is 4.62. The Labute approximate surface area is 134 Å². The van der Waals surface area contributed by atoms with E-state index in [2.05, 4.69) is 4.98 Å². The monoisotopic (exact) mass is 316 g/mol. The number of amides is 1. The van der Waals surface area contributed by atoms with Crippen molar-refractivity contribution in [2.75, 3.05) is 26.3 Å². The van der Waals surface area contributed by atoms with Gasteiger partial charge in [0.05, 0.1) is 18.6 Å². The lowest BCUT2D eigenvalue weighted by atomic mass is 10.1. The Morgan fingerprint density at radius 2 is 2.26 bits per heavy atom. The molecule has 1 aliphatic rings. The molecule has 6 nitrogen and oxygen atoms in total. The van der Waals surface area contributed by atoms with Gasteiger partial charge in [-0.15, -0.1) is 0 Å². The van der Waals surface area contributed by atoms with Crippen molar-refractivity contribution < 1.29 is 13.9 Å². The highest BCUT2D eigenvalue weighted by atomic mass is 16.5. The van der Waals surface area contributed by atoms with Crippen LogP contribution in [-0.4, -0.2) is 42.1 Å². The number of ether oxygens (including phenoxy) is 1. The van der Waals surface area contributed by atoms with Gasteiger partial charge in [-0.25, -0.2) is 0 Å². The van der Waals surface area contributed by atoms with Gasteiger partial charge in [-0.1, -0.05) is 0 Å². The van der Waals surface area contributed by atoms with Crippen molar-refractivity contribution in [3.63, 3.8) is 0 Å². The number of hydrogen-bond donors (Lipinski definition) is 1. The largest absolute Gasteiger partial charge is 0.463 e. The molecule has 1 atom stereocenters. The minimum absolute atomic E-state index is 0.154. The van der Waals surface area contributed by atoms with E-state index >= 15 is 0 Å². The number of hydrogen-bond acceptors (Lipinski definition) is 4.